The average molecular weight is 476 g/mol. The molecule has 9 heteroatoms. The van der Waals surface area contributed by atoms with Crippen LogP contribution in [0, 0.1) is 0 Å². The second kappa shape index (κ2) is 8.75. The highest BCUT2D eigenvalue weighted by Gasteiger charge is 2.37. The first-order chi connectivity index (χ1) is 16.8. The van der Waals surface area contributed by atoms with E-state index in [1.807, 2.05) is 60.7 Å². The molecule has 0 fully saturated rings. The summed E-state index contributed by atoms with van der Waals surface area (Å²) in [6.07, 6.45) is -4.55. The summed E-state index contributed by atoms with van der Waals surface area (Å²) in [7, 11) is 0. The number of carbonyl (C=O) groups is 1. The van der Waals surface area contributed by atoms with Gasteiger partial charge in [-0.15, -0.1) is 0 Å². The van der Waals surface area contributed by atoms with Crippen molar-refractivity contribution in [2.24, 2.45) is 0 Å². The second-order valence-corrected chi connectivity index (χ2v) is 7.96. The number of amides is 2. The fourth-order valence-electron chi connectivity index (χ4n) is 4.09. The van der Waals surface area contributed by atoms with Crippen LogP contribution in [0.5, 0.6) is 0 Å². The molecule has 4 aromatic rings. The zero-order valence-corrected chi connectivity index (χ0v) is 18.5. The first kappa shape index (κ1) is 22.4. The number of allylic oxidation sites excluding steroid dienone is 1. The Morgan fingerprint density at radius 1 is 0.943 bits per heavy atom. The van der Waals surface area contributed by atoms with Gasteiger partial charge in [-0.25, -0.2) is 4.79 Å². The number of anilines is 1. The van der Waals surface area contributed by atoms with Gasteiger partial charge in [0.2, 0.25) is 5.82 Å². The third-order valence-corrected chi connectivity index (χ3v) is 5.74. The molecule has 0 spiro atoms. The van der Waals surface area contributed by atoms with Crippen molar-refractivity contribution < 1.29 is 22.5 Å². The first-order valence-electron chi connectivity index (χ1n) is 10.8. The van der Waals surface area contributed by atoms with E-state index in [-0.39, 0.29) is 11.6 Å². The normalized spacial score (nSPS) is 16.4. The number of alkyl halides is 3. The van der Waals surface area contributed by atoms with Crippen LogP contribution in [0.15, 0.2) is 95.1 Å². The molecule has 5 rings (SSSR count). The number of urea groups is 1. The maximum atomic E-state index is 13.4. The summed E-state index contributed by atoms with van der Waals surface area (Å²) in [4.78, 5) is 18.9. The molecule has 0 aliphatic carbocycles. The van der Waals surface area contributed by atoms with Crippen molar-refractivity contribution in [2.75, 3.05) is 4.90 Å². The Kier molecular flexibility index (Phi) is 5.60. The van der Waals surface area contributed by atoms with Gasteiger partial charge >= 0.3 is 12.2 Å². The van der Waals surface area contributed by atoms with Crippen molar-refractivity contribution in [2.45, 2.75) is 19.1 Å². The standard InChI is InChI=1S/C26H19F3N4O2/c1-16-21(24-31-23(32-35-24)18-11-6-3-7-12-18)22(17-9-4-2-5-10-17)30-25(34)33(16)20-14-8-13-19(15-20)26(27,28)29/h2-15,22H,1H3,(H,30,34). The number of aromatic nitrogens is 2. The molecule has 1 aromatic heterocycles. The maximum Gasteiger partial charge on any atom is 0.416 e. The molecule has 0 bridgehead atoms. The van der Waals surface area contributed by atoms with Gasteiger partial charge in [-0.2, -0.15) is 18.2 Å². The number of benzene rings is 3. The van der Waals surface area contributed by atoms with Crippen molar-refractivity contribution in [3.05, 3.63) is 108 Å². The first-order valence-corrected chi connectivity index (χ1v) is 10.8. The zero-order valence-electron chi connectivity index (χ0n) is 18.5. The summed E-state index contributed by atoms with van der Waals surface area (Å²) in [6.45, 7) is 1.65. The van der Waals surface area contributed by atoms with Crippen molar-refractivity contribution in [1.29, 1.82) is 0 Å². The molecule has 35 heavy (non-hydrogen) atoms. The molecular formula is C26H19F3N4O2. The molecule has 176 valence electrons. The fourth-order valence-corrected chi connectivity index (χ4v) is 4.09. The van der Waals surface area contributed by atoms with Crippen LogP contribution in [0.2, 0.25) is 0 Å². The van der Waals surface area contributed by atoms with Gasteiger partial charge in [0.1, 0.15) is 0 Å². The minimum absolute atomic E-state index is 0.0710. The highest BCUT2D eigenvalue weighted by Crippen LogP contribution is 2.40. The van der Waals surface area contributed by atoms with Gasteiger partial charge in [0.15, 0.2) is 0 Å². The highest BCUT2D eigenvalue weighted by molar-refractivity contribution is 6.01. The van der Waals surface area contributed by atoms with E-state index in [1.54, 1.807) is 6.92 Å². The Morgan fingerprint density at radius 2 is 1.63 bits per heavy atom. The third kappa shape index (κ3) is 4.28. The van der Waals surface area contributed by atoms with Crippen LogP contribution in [0.3, 0.4) is 0 Å². The molecule has 0 saturated carbocycles. The van der Waals surface area contributed by atoms with Gasteiger partial charge < -0.3 is 9.84 Å². The summed E-state index contributed by atoms with van der Waals surface area (Å²) >= 11 is 0. The van der Waals surface area contributed by atoms with Gasteiger partial charge in [-0.3, -0.25) is 4.90 Å². The molecule has 0 radical (unpaired) electrons. The predicted molar refractivity (Wildman–Crippen MR) is 124 cm³/mol. The molecule has 1 aliphatic rings. The summed E-state index contributed by atoms with van der Waals surface area (Å²) < 4.78 is 45.7. The molecule has 1 atom stereocenters. The van der Waals surface area contributed by atoms with Gasteiger partial charge in [0.05, 0.1) is 22.9 Å². The molecule has 1 N–H and O–H groups in total. The average Bonchev–Trinajstić information content (AvgIpc) is 3.34. The molecular weight excluding hydrogens is 457 g/mol. The van der Waals surface area contributed by atoms with Crippen LogP contribution in [0.25, 0.3) is 17.0 Å². The van der Waals surface area contributed by atoms with Crippen LogP contribution in [-0.2, 0) is 6.18 Å². The number of hydrogen-bond donors (Lipinski definition) is 1. The molecule has 0 saturated heterocycles. The van der Waals surface area contributed by atoms with Crippen LogP contribution in [-0.4, -0.2) is 16.2 Å². The topological polar surface area (TPSA) is 71.3 Å². The van der Waals surface area contributed by atoms with Gasteiger partial charge in [-0.1, -0.05) is 71.9 Å². The lowest BCUT2D eigenvalue weighted by Gasteiger charge is -2.35. The van der Waals surface area contributed by atoms with Gasteiger partial charge in [-0.05, 0) is 30.7 Å². The number of rotatable bonds is 4. The van der Waals surface area contributed by atoms with E-state index in [0.717, 1.165) is 23.3 Å². The van der Waals surface area contributed by atoms with E-state index in [4.69, 9.17) is 4.52 Å². The van der Waals surface area contributed by atoms with Crippen molar-refractivity contribution >= 4 is 17.3 Å². The second-order valence-electron chi connectivity index (χ2n) is 7.96. The molecule has 1 unspecified atom stereocenters. The van der Waals surface area contributed by atoms with Gasteiger partial charge in [0.25, 0.3) is 5.89 Å². The SMILES string of the molecule is CC1=C(c2nc(-c3ccccc3)no2)C(c2ccccc2)NC(=O)N1c1cccc(C(F)(F)F)c1. The molecule has 2 heterocycles. The summed E-state index contributed by atoms with van der Waals surface area (Å²) in [5.41, 5.74) is 1.59. The zero-order chi connectivity index (χ0) is 24.6. The minimum Gasteiger partial charge on any atom is -0.334 e. The molecule has 1 aliphatic heterocycles. The van der Waals surface area contributed by atoms with Crippen LogP contribution in [0.4, 0.5) is 23.7 Å². The van der Waals surface area contributed by atoms with E-state index in [9.17, 15) is 18.0 Å². The Labute approximate surface area is 198 Å². The smallest absolute Gasteiger partial charge is 0.334 e. The van der Waals surface area contributed by atoms with Gasteiger partial charge in [0, 0.05) is 11.3 Å². The summed E-state index contributed by atoms with van der Waals surface area (Å²) in [6, 6.07) is 21.8. The molecule has 6 nitrogen and oxygen atoms in total. The number of hydrogen-bond acceptors (Lipinski definition) is 4. The minimum atomic E-state index is -4.55. The number of halogens is 3. The summed E-state index contributed by atoms with van der Waals surface area (Å²) in [5.74, 6) is 0.516. The van der Waals surface area contributed by atoms with E-state index < -0.39 is 23.8 Å². The van der Waals surface area contributed by atoms with Crippen molar-refractivity contribution in [3.8, 4) is 11.4 Å². The quantitative estimate of drug-likeness (QED) is 0.367. The maximum absolute atomic E-state index is 13.4. The lowest BCUT2D eigenvalue weighted by atomic mass is 9.94. The van der Waals surface area contributed by atoms with Crippen LogP contribution in [0.1, 0.15) is 30.0 Å². The number of nitrogens with zero attached hydrogens (tertiary/aromatic N) is 3. The lowest BCUT2D eigenvalue weighted by molar-refractivity contribution is -0.137. The van der Waals surface area contributed by atoms with E-state index in [1.165, 1.54) is 17.0 Å². The Bertz CT molecular complexity index is 1400. The van der Waals surface area contributed by atoms with Crippen LogP contribution >= 0.6 is 0 Å². The number of carbonyl (C=O) groups excluding carboxylic acids is 1. The largest absolute Gasteiger partial charge is 0.416 e. The van der Waals surface area contributed by atoms with E-state index in [0.29, 0.717) is 17.1 Å². The fraction of sp³-hybridized carbons (Fsp3) is 0.115. The Hall–Kier alpha value is -4.40. The molecule has 3 aromatic carbocycles. The Morgan fingerprint density at radius 3 is 2.31 bits per heavy atom. The van der Waals surface area contributed by atoms with E-state index in [2.05, 4.69) is 15.5 Å². The van der Waals surface area contributed by atoms with E-state index >= 15 is 0 Å². The number of nitrogens with one attached hydrogen (secondary N) is 1. The lowest BCUT2D eigenvalue weighted by Crippen LogP contribution is -2.46. The monoisotopic (exact) mass is 476 g/mol. The van der Waals surface area contributed by atoms with Crippen molar-refractivity contribution in [1.82, 2.24) is 15.5 Å². The van der Waals surface area contributed by atoms with Crippen LogP contribution < -0.4 is 10.2 Å². The Balaban J connectivity index is 1.66. The molecule has 2 amide bonds. The van der Waals surface area contributed by atoms with Crippen molar-refractivity contribution in [3.63, 3.8) is 0 Å². The summed E-state index contributed by atoms with van der Waals surface area (Å²) in [5, 5.41) is 6.97. The highest BCUT2D eigenvalue weighted by atomic mass is 19.4. The predicted octanol–water partition coefficient (Wildman–Crippen LogP) is 6.46. The third-order valence-electron chi connectivity index (χ3n) is 5.74.